The maximum absolute atomic E-state index is 14.7. The summed E-state index contributed by atoms with van der Waals surface area (Å²) < 4.78 is 16.6. The summed E-state index contributed by atoms with van der Waals surface area (Å²) in [5.41, 5.74) is 8.87. The summed E-state index contributed by atoms with van der Waals surface area (Å²) >= 11 is -1.83. The molecular weight excluding hydrogens is 468 g/mol. The molecule has 4 heteroatoms. The second-order valence-corrected chi connectivity index (χ2v) is 11.4. The van der Waals surface area contributed by atoms with Gasteiger partial charge in [0.2, 0.25) is 0 Å². The van der Waals surface area contributed by atoms with Crippen molar-refractivity contribution in [2.24, 2.45) is 4.99 Å². The van der Waals surface area contributed by atoms with Crippen LogP contribution in [-0.2, 0) is 0 Å². The minimum atomic E-state index is -1.83. The summed E-state index contributed by atoms with van der Waals surface area (Å²) in [4.78, 5) is 5.07. The fourth-order valence-electron chi connectivity index (χ4n) is 4.27. The standard InChI is InChI=1S/C29H41FGeN2/c1-18(2)24-13-11-14-25(19(3)4)28(24)32-22(9)17-23(10)33(31-30)29-26(20(5)6)15-12-16-27(29)21(7)8/h11-21H,1-10H3/b23-17-,32-22?. The third-order valence-electron chi connectivity index (χ3n) is 6.05. The molecule has 0 atom stereocenters. The Morgan fingerprint density at radius 3 is 1.52 bits per heavy atom. The molecule has 2 radical (unpaired) electrons. The fraction of sp³-hybridized carbons (Fsp3) is 0.483. The van der Waals surface area contributed by atoms with E-state index in [2.05, 4.69) is 91.8 Å². The van der Waals surface area contributed by atoms with E-state index in [0.29, 0.717) is 23.7 Å². The SMILES string of the molecule is CC(/C=C(/C)[N]([Ge][F])c1c(C(C)C)cccc1C(C)C)=Nc1c(C(C)C)cccc1C(C)C. The Hall–Kier alpha value is -1.88. The molecule has 2 nitrogen and oxygen atoms in total. The van der Waals surface area contributed by atoms with Gasteiger partial charge in [0.15, 0.2) is 0 Å². The Kier molecular flexibility index (Phi) is 9.96. The number of rotatable bonds is 9. The van der Waals surface area contributed by atoms with Crippen molar-refractivity contribution < 1.29 is 3.50 Å². The van der Waals surface area contributed by atoms with Crippen LogP contribution in [0, 0.1) is 0 Å². The topological polar surface area (TPSA) is 15.6 Å². The summed E-state index contributed by atoms with van der Waals surface area (Å²) in [5.74, 6) is 1.43. The van der Waals surface area contributed by atoms with Gasteiger partial charge in [0.05, 0.1) is 0 Å². The van der Waals surface area contributed by atoms with Crippen LogP contribution in [-0.4, -0.2) is 21.8 Å². The molecule has 0 saturated heterocycles. The number of halogens is 1. The quantitative estimate of drug-likeness (QED) is 0.243. The molecule has 2 rings (SSSR count). The molecule has 0 aromatic heterocycles. The third-order valence-corrected chi connectivity index (χ3v) is 7.62. The van der Waals surface area contributed by atoms with Crippen molar-refractivity contribution >= 4 is 33.2 Å². The summed E-state index contributed by atoms with van der Waals surface area (Å²) in [7, 11) is 0. The molecule has 0 saturated carbocycles. The first kappa shape index (κ1) is 27.4. The third kappa shape index (κ3) is 6.59. The van der Waals surface area contributed by atoms with E-state index in [4.69, 9.17) is 4.99 Å². The number of hydrogen-bond donors (Lipinski definition) is 0. The van der Waals surface area contributed by atoms with Gasteiger partial charge in [0, 0.05) is 0 Å². The van der Waals surface area contributed by atoms with Crippen LogP contribution in [0.4, 0.5) is 14.9 Å². The van der Waals surface area contributed by atoms with Crippen LogP contribution in [0.3, 0.4) is 0 Å². The van der Waals surface area contributed by atoms with Gasteiger partial charge >= 0.3 is 209 Å². The zero-order valence-electron chi connectivity index (χ0n) is 22.1. The molecule has 0 amide bonds. The van der Waals surface area contributed by atoms with Gasteiger partial charge in [-0.05, 0) is 0 Å². The number of aliphatic imine (C=N–C) groups is 1. The number of hydrogen-bond acceptors (Lipinski definition) is 2. The van der Waals surface area contributed by atoms with Crippen molar-refractivity contribution in [3.63, 3.8) is 0 Å². The molecule has 0 aliphatic rings. The first-order chi connectivity index (χ1) is 15.5. The number of allylic oxidation sites excluding steroid dienone is 2. The Morgan fingerprint density at radius 1 is 0.758 bits per heavy atom. The normalized spacial score (nSPS) is 13.1. The Morgan fingerprint density at radius 2 is 1.15 bits per heavy atom. The van der Waals surface area contributed by atoms with E-state index in [-0.39, 0.29) is 0 Å². The molecule has 178 valence electrons. The molecule has 0 aliphatic heterocycles. The van der Waals surface area contributed by atoms with Crippen LogP contribution in [0.5, 0.6) is 0 Å². The van der Waals surface area contributed by atoms with Crippen LogP contribution in [0.15, 0.2) is 53.2 Å². The van der Waals surface area contributed by atoms with E-state index in [9.17, 15) is 3.50 Å². The Balaban J connectivity index is 2.61. The molecular formula is C29H41FGeN2. The van der Waals surface area contributed by atoms with Crippen molar-refractivity contribution in [1.29, 1.82) is 0 Å². The summed E-state index contributed by atoms with van der Waals surface area (Å²) in [6, 6.07) is 12.9. The summed E-state index contributed by atoms with van der Waals surface area (Å²) in [6.45, 7) is 21.6. The van der Waals surface area contributed by atoms with E-state index < -0.39 is 16.1 Å². The molecule has 0 bridgehead atoms. The minimum absolute atomic E-state index is 0.327. The van der Waals surface area contributed by atoms with E-state index >= 15 is 0 Å². The molecule has 0 heterocycles. The van der Waals surface area contributed by atoms with Crippen LogP contribution in [0.25, 0.3) is 0 Å². The predicted octanol–water partition coefficient (Wildman–Crippen LogP) is 9.19. The number of anilines is 1. The number of benzene rings is 2. The molecule has 33 heavy (non-hydrogen) atoms. The molecule has 0 N–H and O–H groups in total. The van der Waals surface area contributed by atoms with Crippen molar-refractivity contribution in [1.82, 2.24) is 0 Å². The van der Waals surface area contributed by atoms with E-state index in [1.54, 1.807) is 0 Å². The summed E-state index contributed by atoms with van der Waals surface area (Å²) in [5, 5.41) is 0. The monoisotopic (exact) mass is 510 g/mol. The predicted molar refractivity (Wildman–Crippen MR) is 145 cm³/mol. The van der Waals surface area contributed by atoms with Crippen molar-refractivity contribution in [3.8, 4) is 0 Å². The van der Waals surface area contributed by atoms with E-state index in [0.717, 1.165) is 22.8 Å². The van der Waals surface area contributed by atoms with Gasteiger partial charge in [0.25, 0.3) is 0 Å². The first-order valence-electron chi connectivity index (χ1n) is 12.1. The van der Waals surface area contributed by atoms with E-state index in [1.807, 2.05) is 23.8 Å². The van der Waals surface area contributed by atoms with Gasteiger partial charge in [-0.25, -0.2) is 0 Å². The zero-order chi connectivity index (χ0) is 24.9. The molecule has 0 unspecified atom stereocenters. The van der Waals surface area contributed by atoms with Gasteiger partial charge in [-0.2, -0.15) is 0 Å². The van der Waals surface area contributed by atoms with Crippen LogP contribution < -0.4 is 3.86 Å². The number of para-hydroxylation sites is 2. The molecule has 0 fully saturated rings. The van der Waals surface area contributed by atoms with Gasteiger partial charge in [-0.15, -0.1) is 0 Å². The maximum atomic E-state index is 14.7. The molecule has 2 aromatic carbocycles. The zero-order valence-corrected chi connectivity index (χ0v) is 24.2. The first-order valence-corrected chi connectivity index (χ1v) is 13.9. The van der Waals surface area contributed by atoms with E-state index in [1.165, 1.54) is 22.3 Å². The van der Waals surface area contributed by atoms with Crippen LogP contribution >= 0.6 is 0 Å². The molecule has 0 spiro atoms. The van der Waals surface area contributed by atoms with Crippen LogP contribution in [0.2, 0.25) is 0 Å². The van der Waals surface area contributed by atoms with Crippen molar-refractivity contribution in [2.45, 2.75) is 92.9 Å². The molecule has 0 aliphatic carbocycles. The van der Waals surface area contributed by atoms with Gasteiger partial charge in [-0.3, -0.25) is 0 Å². The Bertz CT molecular complexity index is 950. The van der Waals surface area contributed by atoms with Crippen molar-refractivity contribution in [3.05, 3.63) is 70.4 Å². The molecule has 2 aromatic rings. The average molecular weight is 509 g/mol. The van der Waals surface area contributed by atoms with Gasteiger partial charge < -0.3 is 0 Å². The fourth-order valence-corrected chi connectivity index (χ4v) is 5.41. The van der Waals surface area contributed by atoms with Crippen LogP contribution in [0.1, 0.15) is 115 Å². The number of nitrogens with zero attached hydrogens (tertiary/aromatic N) is 2. The summed E-state index contributed by atoms with van der Waals surface area (Å²) in [6.07, 6.45) is 2.05. The van der Waals surface area contributed by atoms with Gasteiger partial charge in [0.1, 0.15) is 0 Å². The second-order valence-electron chi connectivity index (χ2n) is 10.1. The van der Waals surface area contributed by atoms with Crippen molar-refractivity contribution in [2.75, 3.05) is 3.86 Å². The van der Waals surface area contributed by atoms with Gasteiger partial charge in [-0.1, -0.05) is 0 Å². The Labute approximate surface area is 208 Å². The average Bonchev–Trinajstić information content (AvgIpc) is 2.73. The second kappa shape index (κ2) is 12.0.